The summed E-state index contributed by atoms with van der Waals surface area (Å²) in [4.78, 5) is 12.1. The summed E-state index contributed by atoms with van der Waals surface area (Å²) >= 11 is 0. The van der Waals surface area contributed by atoms with Gasteiger partial charge in [0.15, 0.2) is 0 Å². The van der Waals surface area contributed by atoms with Crippen LogP contribution < -0.4 is 11.1 Å². The van der Waals surface area contributed by atoms with Crippen LogP contribution in [0.5, 0.6) is 0 Å². The topological polar surface area (TPSA) is 55.1 Å². The Labute approximate surface area is 116 Å². The Morgan fingerprint density at radius 3 is 2.39 bits per heavy atom. The van der Waals surface area contributed by atoms with Crippen LogP contribution in [-0.2, 0) is 4.79 Å². The van der Waals surface area contributed by atoms with Crippen LogP contribution in [0.4, 0.5) is 0 Å². The van der Waals surface area contributed by atoms with Crippen LogP contribution in [-0.4, -0.2) is 19.0 Å². The Morgan fingerprint density at radius 2 is 1.89 bits per heavy atom. The number of hydrogen-bond acceptors (Lipinski definition) is 2. The van der Waals surface area contributed by atoms with E-state index in [9.17, 15) is 4.79 Å². The number of rotatable bonds is 6. The minimum absolute atomic E-state index is 0. The first kappa shape index (κ1) is 16.9. The number of nitrogens with two attached hydrogens (primary N) is 1. The molecule has 3 nitrogen and oxygen atoms in total. The van der Waals surface area contributed by atoms with Crippen molar-refractivity contribution in [2.45, 2.75) is 26.2 Å². The van der Waals surface area contributed by atoms with Crippen molar-refractivity contribution < 1.29 is 4.79 Å². The van der Waals surface area contributed by atoms with Crippen LogP contribution in [0.25, 0.3) is 0 Å². The van der Waals surface area contributed by atoms with Crippen molar-refractivity contribution in [2.24, 2.45) is 11.7 Å². The third-order valence-electron chi connectivity index (χ3n) is 2.79. The summed E-state index contributed by atoms with van der Waals surface area (Å²) in [7, 11) is 0. The number of nitrogens with one attached hydrogen (secondary N) is 1. The highest BCUT2D eigenvalue weighted by Gasteiger charge is 2.23. The van der Waals surface area contributed by atoms with Gasteiger partial charge in [-0.3, -0.25) is 4.79 Å². The average molecular weight is 271 g/mol. The Bertz CT molecular complexity index is 341. The maximum Gasteiger partial charge on any atom is 0.227 e. The lowest BCUT2D eigenvalue weighted by molar-refractivity contribution is -0.123. The van der Waals surface area contributed by atoms with Crippen molar-refractivity contribution >= 4 is 18.3 Å². The van der Waals surface area contributed by atoms with E-state index in [4.69, 9.17) is 5.73 Å². The molecule has 0 aliphatic rings. The quantitative estimate of drug-likeness (QED) is 0.780. The zero-order chi connectivity index (χ0) is 12.7. The van der Waals surface area contributed by atoms with Crippen molar-refractivity contribution in [3.63, 3.8) is 0 Å². The molecule has 1 atom stereocenters. The third kappa shape index (κ3) is 5.07. The summed E-state index contributed by atoms with van der Waals surface area (Å²) < 4.78 is 0. The van der Waals surface area contributed by atoms with E-state index in [2.05, 4.69) is 19.2 Å². The predicted molar refractivity (Wildman–Crippen MR) is 78.0 cm³/mol. The van der Waals surface area contributed by atoms with Gasteiger partial charge in [0, 0.05) is 6.54 Å². The molecule has 0 saturated carbocycles. The van der Waals surface area contributed by atoms with Crippen molar-refractivity contribution in [3.8, 4) is 0 Å². The zero-order valence-electron chi connectivity index (χ0n) is 11.1. The van der Waals surface area contributed by atoms with E-state index in [1.54, 1.807) is 0 Å². The Hall–Kier alpha value is -1.06. The third-order valence-corrected chi connectivity index (χ3v) is 2.79. The van der Waals surface area contributed by atoms with Crippen molar-refractivity contribution in [3.05, 3.63) is 35.9 Å². The summed E-state index contributed by atoms with van der Waals surface area (Å²) in [5.74, 6) is 0.309. The molecule has 0 bridgehead atoms. The first-order valence-electron chi connectivity index (χ1n) is 6.19. The molecular formula is C14H23ClN2O. The van der Waals surface area contributed by atoms with E-state index in [0.717, 1.165) is 12.0 Å². The van der Waals surface area contributed by atoms with Gasteiger partial charge in [0.2, 0.25) is 5.91 Å². The van der Waals surface area contributed by atoms with E-state index in [-0.39, 0.29) is 30.2 Å². The van der Waals surface area contributed by atoms with Gasteiger partial charge >= 0.3 is 0 Å². The number of carbonyl (C=O) groups excluding carboxylic acids is 1. The molecule has 0 aromatic heterocycles. The van der Waals surface area contributed by atoms with Crippen LogP contribution in [0.1, 0.15) is 31.7 Å². The van der Waals surface area contributed by atoms with Gasteiger partial charge in [-0.05, 0) is 24.4 Å². The molecule has 18 heavy (non-hydrogen) atoms. The largest absolute Gasteiger partial charge is 0.356 e. The van der Waals surface area contributed by atoms with Crippen molar-refractivity contribution in [2.75, 3.05) is 13.1 Å². The summed E-state index contributed by atoms with van der Waals surface area (Å²) in [6.07, 6.45) is 0.825. The maximum atomic E-state index is 12.1. The van der Waals surface area contributed by atoms with E-state index in [1.165, 1.54) is 0 Å². The molecule has 0 aliphatic carbocycles. The second-order valence-corrected chi connectivity index (χ2v) is 4.57. The molecule has 0 heterocycles. The number of hydrogen-bond donors (Lipinski definition) is 2. The minimum atomic E-state index is -0.0750. The number of halogens is 1. The molecule has 0 aliphatic heterocycles. The van der Waals surface area contributed by atoms with Gasteiger partial charge in [-0.2, -0.15) is 0 Å². The summed E-state index contributed by atoms with van der Waals surface area (Å²) in [6, 6.07) is 9.92. The minimum Gasteiger partial charge on any atom is -0.356 e. The standard InChI is InChI=1S/C14H22N2O.ClH/c1-11(2)13(12-7-4-3-5-8-12)14(17)16-10-6-9-15;/h3-5,7-8,11,13H,6,9-10,15H2,1-2H3,(H,16,17);1H. The van der Waals surface area contributed by atoms with Crippen LogP contribution in [0.2, 0.25) is 0 Å². The fourth-order valence-corrected chi connectivity index (χ4v) is 1.92. The number of benzene rings is 1. The highest BCUT2D eigenvalue weighted by Crippen LogP contribution is 2.24. The predicted octanol–water partition coefficient (Wildman–Crippen LogP) is 2.31. The lowest BCUT2D eigenvalue weighted by atomic mass is 9.87. The van der Waals surface area contributed by atoms with E-state index in [0.29, 0.717) is 13.1 Å². The normalized spacial score (nSPS) is 11.8. The van der Waals surface area contributed by atoms with E-state index < -0.39 is 0 Å². The summed E-state index contributed by atoms with van der Waals surface area (Å²) in [5.41, 5.74) is 6.49. The molecule has 0 spiro atoms. The fourth-order valence-electron chi connectivity index (χ4n) is 1.92. The Balaban J connectivity index is 0.00000289. The first-order chi connectivity index (χ1) is 8.16. The molecule has 1 rings (SSSR count). The van der Waals surface area contributed by atoms with Crippen molar-refractivity contribution in [1.82, 2.24) is 5.32 Å². The molecule has 0 radical (unpaired) electrons. The monoisotopic (exact) mass is 270 g/mol. The Morgan fingerprint density at radius 1 is 1.28 bits per heavy atom. The first-order valence-corrected chi connectivity index (χ1v) is 6.19. The van der Waals surface area contributed by atoms with Crippen molar-refractivity contribution in [1.29, 1.82) is 0 Å². The molecule has 0 fully saturated rings. The molecule has 3 N–H and O–H groups in total. The van der Waals surface area contributed by atoms with Gasteiger partial charge in [0.25, 0.3) is 0 Å². The van der Waals surface area contributed by atoms with Crippen LogP contribution in [0, 0.1) is 5.92 Å². The van der Waals surface area contributed by atoms with Gasteiger partial charge in [-0.25, -0.2) is 0 Å². The fraction of sp³-hybridized carbons (Fsp3) is 0.500. The summed E-state index contributed by atoms with van der Waals surface area (Å²) in [5, 5.41) is 2.94. The number of carbonyl (C=O) groups is 1. The molecule has 102 valence electrons. The van der Waals surface area contributed by atoms with Crippen LogP contribution in [0.15, 0.2) is 30.3 Å². The molecule has 4 heteroatoms. The van der Waals surface area contributed by atoms with Gasteiger partial charge in [-0.15, -0.1) is 12.4 Å². The van der Waals surface area contributed by atoms with Crippen LogP contribution >= 0.6 is 12.4 Å². The molecule has 1 aromatic rings. The van der Waals surface area contributed by atoms with Crippen LogP contribution in [0.3, 0.4) is 0 Å². The average Bonchev–Trinajstić information content (AvgIpc) is 2.30. The SMILES string of the molecule is CC(C)C(C(=O)NCCCN)c1ccccc1.Cl. The molecule has 1 amide bonds. The number of amides is 1. The smallest absolute Gasteiger partial charge is 0.227 e. The van der Waals surface area contributed by atoms with E-state index >= 15 is 0 Å². The molecule has 1 unspecified atom stereocenters. The second kappa shape index (κ2) is 8.95. The Kier molecular flexibility index (Phi) is 8.42. The van der Waals surface area contributed by atoms with Gasteiger partial charge in [0.1, 0.15) is 0 Å². The zero-order valence-corrected chi connectivity index (χ0v) is 11.9. The lowest BCUT2D eigenvalue weighted by Gasteiger charge is -2.20. The van der Waals surface area contributed by atoms with Gasteiger partial charge in [0.05, 0.1) is 5.92 Å². The van der Waals surface area contributed by atoms with E-state index in [1.807, 2.05) is 30.3 Å². The molecule has 0 saturated heterocycles. The maximum absolute atomic E-state index is 12.1. The lowest BCUT2D eigenvalue weighted by Crippen LogP contribution is -2.33. The highest BCUT2D eigenvalue weighted by molar-refractivity contribution is 5.85. The second-order valence-electron chi connectivity index (χ2n) is 4.57. The molecular weight excluding hydrogens is 248 g/mol. The van der Waals surface area contributed by atoms with Gasteiger partial charge < -0.3 is 11.1 Å². The summed E-state index contributed by atoms with van der Waals surface area (Å²) in [6.45, 7) is 5.41. The highest BCUT2D eigenvalue weighted by atomic mass is 35.5. The molecule has 1 aromatic carbocycles. The van der Waals surface area contributed by atoms with Gasteiger partial charge in [-0.1, -0.05) is 44.2 Å².